The van der Waals surface area contributed by atoms with Crippen LogP contribution in [-0.4, -0.2) is 28.7 Å². The monoisotopic (exact) mass is 344 g/mol. The molecule has 1 aliphatic heterocycles. The molecule has 2 unspecified atom stereocenters. The summed E-state index contributed by atoms with van der Waals surface area (Å²) in [6.07, 6.45) is 0.756. The summed E-state index contributed by atoms with van der Waals surface area (Å²) in [6.45, 7) is 1.38. The first-order chi connectivity index (χ1) is 11.8. The quantitative estimate of drug-likeness (QED) is 0.837. The Morgan fingerprint density at radius 3 is 2.29 bits per heavy atom. The van der Waals surface area contributed by atoms with Crippen molar-refractivity contribution < 1.29 is 9.47 Å². The van der Waals surface area contributed by atoms with Crippen molar-refractivity contribution in [1.29, 1.82) is 0 Å². The second kappa shape index (κ2) is 8.22. The van der Waals surface area contributed by atoms with Crippen molar-refractivity contribution in [3.8, 4) is 0 Å². The second-order valence-corrected chi connectivity index (χ2v) is 6.46. The van der Waals surface area contributed by atoms with E-state index in [1.54, 1.807) is 0 Å². The summed E-state index contributed by atoms with van der Waals surface area (Å²) in [6, 6.07) is 20.0. The van der Waals surface area contributed by atoms with Gasteiger partial charge in [-0.05, 0) is 40.7 Å². The molecule has 0 radical (unpaired) electrons. The van der Waals surface area contributed by atoms with Crippen LogP contribution in [0.15, 0.2) is 60.7 Å². The van der Waals surface area contributed by atoms with E-state index in [1.165, 1.54) is 5.56 Å². The van der Waals surface area contributed by atoms with Gasteiger partial charge in [0.2, 0.25) is 0 Å². The van der Waals surface area contributed by atoms with Crippen LogP contribution in [0.3, 0.4) is 0 Å². The molecule has 3 rings (SSSR count). The Morgan fingerprint density at radius 1 is 1.04 bits per heavy atom. The molecule has 2 aromatic carbocycles. The van der Waals surface area contributed by atoms with E-state index in [2.05, 4.69) is 27.3 Å². The standard InChI is InChI=1S/C19H21FN2OS/c20-23-18-11-12-22(14-16-9-5-2-6-10-16)19(24)21-17(18)13-15-7-3-1-4-8-15/h1-10,17-18H,11-14H2,(H,21,24). The van der Waals surface area contributed by atoms with Crippen molar-refractivity contribution in [2.75, 3.05) is 6.54 Å². The molecule has 126 valence electrons. The third-order valence-corrected chi connectivity index (χ3v) is 4.73. The fourth-order valence-electron chi connectivity index (χ4n) is 3.04. The van der Waals surface area contributed by atoms with E-state index in [1.807, 2.05) is 48.5 Å². The van der Waals surface area contributed by atoms with Crippen molar-refractivity contribution in [2.24, 2.45) is 0 Å². The van der Waals surface area contributed by atoms with Gasteiger partial charge in [0.15, 0.2) is 5.11 Å². The van der Waals surface area contributed by atoms with Crippen molar-refractivity contribution in [1.82, 2.24) is 10.2 Å². The largest absolute Gasteiger partial charge is 0.357 e. The number of nitrogens with one attached hydrogen (secondary N) is 1. The van der Waals surface area contributed by atoms with E-state index < -0.39 is 6.10 Å². The van der Waals surface area contributed by atoms with Crippen LogP contribution in [0.4, 0.5) is 4.53 Å². The number of thiocarbonyl (C=S) groups is 1. The average Bonchev–Trinajstić information content (AvgIpc) is 2.76. The molecule has 3 nitrogen and oxygen atoms in total. The number of hydrogen-bond donors (Lipinski definition) is 1. The van der Waals surface area contributed by atoms with Gasteiger partial charge in [0, 0.05) is 13.1 Å². The van der Waals surface area contributed by atoms with Gasteiger partial charge in [-0.1, -0.05) is 60.7 Å². The molecule has 0 aromatic heterocycles. The Kier molecular flexibility index (Phi) is 5.77. The maximum Gasteiger partial charge on any atom is 0.169 e. The SMILES string of the molecule is FOC1CCN(Cc2ccccc2)C(=S)NC1Cc1ccccc1. The van der Waals surface area contributed by atoms with E-state index in [9.17, 15) is 4.53 Å². The van der Waals surface area contributed by atoms with Gasteiger partial charge in [0.1, 0.15) is 6.10 Å². The lowest BCUT2D eigenvalue weighted by Gasteiger charge is -2.25. The van der Waals surface area contributed by atoms with Crippen LogP contribution in [0, 0.1) is 0 Å². The molecule has 1 heterocycles. The van der Waals surface area contributed by atoms with Crippen LogP contribution < -0.4 is 5.32 Å². The molecular formula is C19H21FN2OS. The molecule has 0 aliphatic carbocycles. The predicted molar refractivity (Wildman–Crippen MR) is 97.1 cm³/mol. The molecule has 0 saturated carbocycles. The Labute approximate surface area is 147 Å². The third kappa shape index (κ3) is 4.30. The zero-order chi connectivity index (χ0) is 16.8. The van der Waals surface area contributed by atoms with E-state index in [-0.39, 0.29) is 6.04 Å². The summed E-state index contributed by atoms with van der Waals surface area (Å²) in [4.78, 5) is 6.33. The van der Waals surface area contributed by atoms with Gasteiger partial charge in [-0.2, -0.15) is 4.94 Å². The van der Waals surface area contributed by atoms with Gasteiger partial charge in [0.25, 0.3) is 0 Å². The number of hydrogen-bond acceptors (Lipinski definition) is 2. The fourth-order valence-corrected chi connectivity index (χ4v) is 3.35. The molecule has 1 saturated heterocycles. The van der Waals surface area contributed by atoms with Gasteiger partial charge < -0.3 is 10.2 Å². The molecule has 0 spiro atoms. The molecule has 1 aliphatic rings. The molecule has 0 bridgehead atoms. The highest BCUT2D eigenvalue weighted by atomic mass is 32.1. The highest BCUT2D eigenvalue weighted by molar-refractivity contribution is 7.80. The summed E-state index contributed by atoms with van der Waals surface area (Å²) in [5.41, 5.74) is 2.32. The van der Waals surface area contributed by atoms with Crippen molar-refractivity contribution in [3.63, 3.8) is 0 Å². The molecule has 5 heteroatoms. The molecular weight excluding hydrogens is 323 g/mol. The zero-order valence-electron chi connectivity index (χ0n) is 13.4. The lowest BCUT2D eigenvalue weighted by atomic mass is 10.00. The van der Waals surface area contributed by atoms with Crippen LogP contribution in [0.25, 0.3) is 0 Å². The summed E-state index contributed by atoms with van der Waals surface area (Å²) < 4.78 is 13.1. The lowest BCUT2D eigenvalue weighted by Crippen LogP contribution is -2.46. The van der Waals surface area contributed by atoms with Crippen molar-refractivity contribution in [2.45, 2.75) is 31.5 Å². The Bertz CT molecular complexity index is 653. The van der Waals surface area contributed by atoms with Gasteiger partial charge in [0.05, 0.1) is 6.04 Å². The maximum absolute atomic E-state index is 13.1. The number of rotatable bonds is 5. The summed E-state index contributed by atoms with van der Waals surface area (Å²) >= 11 is 5.54. The second-order valence-electron chi connectivity index (χ2n) is 6.07. The highest BCUT2D eigenvalue weighted by Crippen LogP contribution is 2.18. The van der Waals surface area contributed by atoms with Crippen LogP contribution in [0.5, 0.6) is 0 Å². The topological polar surface area (TPSA) is 24.5 Å². The Hall–Kier alpha value is -1.98. The summed E-state index contributed by atoms with van der Waals surface area (Å²) in [7, 11) is 0. The zero-order valence-corrected chi connectivity index (χ0v) is 14.2. The number of benzene rings is 2. The Balaban J connectivity index is 1.70. The first-order valence-corrected chi connectivity index (χ1v) is 8.58. The molecule has 2 atom stereocenters. The molecule has 1 fully saturated rings. The molecule has 0 amide bonds. The van der Waals surface area contributed by atoms with Crippen molar-refractivity contribution in [3.05, 3.63) is 71.8 Å². The normalized spacial score (nSPS) is 21.2. The number of halogens is 1. The number of nitrogens with zero attached hydrogens (tertiary/aromatic N) is 1. The van der Waals surface area contributed by atoms with Crippen LogP contribution in [-0.2, 0) is 17.9 Å². The molecule has 1 N–H and O–H groups in total. The minimum atomic E-state index is -0.510. The minimum absolute atomic E-state index is 0.175. The lowest BCUT2D eigenvalue weighted by molar-refractivity contribution is -0.188. The predicted octanol–water partition coefficient (Wildman–Crippen LogP) is 3.65. The molecule has 24 heavy (non-hydrogen) atoms. The summed E-state index contributed by atoms with van der Waals surface area (Å²) in [5.74, 6) is 0. The highest BCUT2D eigenvalue weighted by Gasteiger charge is 2.30. The van der Waals surface area contributed by atoms with E-state index >= 15 is 0 Å². The molecule has 2 aromatic rings. The third-order valence-electron chi connectivity index (χ3n) is 4.36. The van der Waals surface area contributed by atoms with Crippen LogP contribution >= 0.6 is 12.2 Å². The minimum Gasteiger partial charge on any atom is -0.357 e. The Morgan fingerprint density at radius 2 is 1.67 bits per heavy atom. The van der Waals surface area contributed by atoms with Crippen LogP contribution in [0.1, 0.15) is 17.5 Å². The van der Waals surface area contributed by atoms with Crippen LogP contribution in [0.2, 0.25) is 0 Å². The van der Waals surface area contributed by atoms with E-state index in [4.69, 9.17) is 12.2 Å². The van der Waals surface area contributed by atoms with E-state index in [0.29, 0.717) is 31.0 Å². The van der Waals surface area contributed by atoms with Crippen molar-refractivity contribution >= 4 is 17.3 Å². The summed E-state index contributed by atoms with van der Waals surface area (Å²) in [5, 5.41) is 3.94. The first-order valence-electron chi connectivity index (χ1n) is 8.17. The first kappa shape index (κ1) is 16.9. The van der Waals surface area contributed by atoms with Gasteiger partial charge in [-0.3, -0.25) is 0 Å². The smallest absolute Gasteiger partial charge is 0.169 e. The fraction of sp³-hybridized carbons (Fsp3) is 0.316. The maximum atomic E-state index is 13.1. The van der Waals surface area contributed by atoms with E-state index in [0.717, 1.165) is 5.56 Å². The van der Waals surface area contributed by atoms with Gasteiger partial charge in [-0.15, -0.1) is 0 Å². The van der Waals surface area contributed by atoms with Gasteiger partial charge in [-0.25, -0.2) is 0 Å². The average molecular weight is 344 g/mol. The van der Waals surface area contributed by atoms with Gasteiger partial charge >= 0.3 is 0 Å².